The van der Waals surface area contributed by atoms with Gasteiger partial charge in [0.15, 0.2) is 0 Å². The third kappa shape index (κ3) is 16.1. The van der Waals surface area contributed by atoms with E-state index in [0.29, 0.717) is 29.6 Å². The summed E-state index contributed by atoms with van der Waals surface area (Å²) in [6, 6.07) is 73.5. The first-order valence-electron chi connectivity index (χ1n) is 34.5. The highest BCUT2D eigenvalue weighted by Gasteiger charge is 2.17. The molecule has 1 heteroatoms. The summed E-state index contributed by atoms with van der Waals surface area (Å²) in [5.41, 5.74) is 28.6. The molecular weight excluding hydrogens is 1130 g/mol. The maximum absolute atomic E-state index is 6.03. The van der Waals surface area contributed by atoms with Crippen LogP contribution in [0.4, 0.5) is 0 Å². The molecule has 0 aromatic heterocycles. The molecule has 94 heavy (non-hydrogen) atoms. The average molecular weight is 1240 g/mol. The van der Waals surface area contributed by atoms with Crippen LogP contribution in [-0.4, -0.2) is 0 Å². The Kier molecular flexibility index (Phi) is 22.3. The smallest absolute Gasteiger partial charge is 0.133 e. The molecule has 0 saturated heterocycles. The highest BCUT2D eigenvalue weighted by Crippen LogP contribution is 2.40. The van der Waals surface area contributed by atoms with Crippen LogP contribution in [0, 0.1) is 83.1 Å². The van der Waals surface area contributed by atoms with Gasteiger partial charge in [-0.05, 0) is 291 Å². The largest absolute Gasteiger partial charge is 0.457 e. The molecule has 13 aromatic rings. The van der Waals surface area contributed by atoms with Gasteiger partial charge in [0.25, 0.3) is 0 Å². The molecule has 0 amide bonds. The fraction of sp³-hybridized carbons (Fsp3) is 0.290. The lowest BCUT2D eigenvalue weighted by atomic mass is 9.86. The number of ether oxygens (including phenoxy) is 1. The van der Waals surface area contributed by atoms with Crippen molar-refractivity contribution in [3.05, 3.63) is 295 Å². The van der Waals surface area contributed by atoms with E-state index in [9.17, 15) is 0 Å². The zero-order valence-corrected chi connectivity index (χ0v) is 60.8. The average Bonchev–Trinajstić information content (AvgIpc) is 0.743. The maximum atomic E-state index is 6.03. The van der Waals surface area contributed by atoms with Crippen LogP contribution >= 0.6 is 0 Å². The van der Waals surface area contributed by atoms with E-state index in [1.807, 2.05) is 12.1 Å². The van der Waals surface area contributed by atoms with Gasteiger partial charge in [0.1, 0.15) is 11.5 Å². The Morgan fingerprint density at radius 1 is 0.255 bits per heavy atom. The van der Waals surface area contributed by atoms with Gasteiger partial charge < -0.3 is 4.74 Å². The molecule has 0 aliphatic heterocycles. The van der Waals surface area contributed by atoms with Gasteiger partial charge in [0, 0.05) is 0 Å². The Hall–Kier alpha value is -8.78. The first-order valence-corrected chi connectivity index (χ1v) is 34.5. The van der Waals surface area contributed by atoms with Crippen LogP contribution in [-0.2, 0) is 0 Å². The third-order valence-electron chi connectivity index (χ3n) is 18.8. The molecule has 0 N–H and O–H groups in total. The Balaban J connectivity index is 0.000000141. The normalized spacial score (nSPS) is 11.4. The molecule has 0 heterocycles. The van der Waals surface area contributed by atoms with Gasteiger partial charge in [0.2, 0.25) is 0 Å². The summed E-state index contributed by atoms with van der Waals surface area (Å²) < 4.78 is 6.03. The summed E-state index contributed by atoms with van der Waals surface area (Å²) in [5.74, 6) is 4.70. The van der Waals surface area contributed by atoms with Gasteiger partial charge in [-0.15, -0.1) is 0 Å². The van der Waals surface area contributed by atoms with E-state index in [-0.39, 0.29) is 0 Å². The number of rotatable bonds is 9. The van der Waals surface area contributed by atoms with Crippen molar-refractivity contribution >= 4 is 53.9 Å². The van der Waals surface area contributed by atoms with Crippen LogP contribution in [0.15, 0.2) is 200 Å². The minimum Gasteiger partial charge on any atom is -0.457 e. The van der Waals surface area contributed by atoms with Crippen LogP contribution in [0.25, 0.3) is 76.1 Å². The van der Waals surface area contributed by atoms with Crippen molar-refractivity contribution in [2.24, 2.45) is 0 Å². The summed E-state index contributed by atoms with van der Waals surface area (Å²) in [7, 11) is 0. The first-order chi connectivity index (χ1) is 44.7. The second-order valence-corrected chi connectivity index (χ2v) is 28.7. The second kappa shape index (κ2) is 30.1. The van der Waals surface area contributed by atoms with E-state index in [1.165, 1.54) is 171 Å². The van der Waals surface area contributed by atoms with Gasteiger partial charge in [-0.1, -0.05) is 261 Å². The molecule has 0 saturated carbocycles. The molecule has 0 unspecified atom stereocenters. The van der Waals surface area contributed by atoms with E-state index in [0.717, 1.165) is 11.5 Å². The SMILES string of the molecule is CC(C)c1ccc2ccc3cccc4ccc1c2c34.CC(C)c1cccc2cc3ccccc3cc12.Cc1cc(C)c(-c2cc(-c3c(C)cc(C)cc3C)cc(C(C)C)c2)c(C)c1.Cc1cc(C)c(C(C)C)c(C)c1.Cc1cc(C)c(Oc2ccc(C(C)C)cc2)c(C)c1. The fourth-order valence-corrected chi connectivity index (χ4v) is 14.8. The van der Waals surface area contributed by atoms with Gasteiger partial charge >= 0.3 is 0 Å². The number of hydrogen-bond donors (Lipinski definition) is 0. The minimum absolute atomic E-state index is 0.501. The lowest BCUT2D eigenvalue weighted by molar-refractivity contribution is 0.474. The summed E-state index contributed by atoms with van der Waals surface area (Å²) in [6.45, 7) is 48.7. The van der Waals surface area contributed by atoms with Crippen LogP contribution in [0.2, 0.25) is 0 Å². The molecule has 0 aliphatic carbocycles. The van der Waals surface area contributed by atoms with Crippen molar-refractivity contribution in [1.82, 2.24) is 0 Å². The van der Waals surface area contributed by atoms with Gasteiger partial charge in [-0.3, -0.25) is 0 Å². The van der Waals surface area contributed by atoms with Gasteiger partial charge in [0.05, 0.1) is 0 Å². The predicted molar refractivity (Wildman–Crippen MR) is 416 cm³/mol. The fourth-order valence-electron chi connectivity index (χ4n) is 14.8. The molecule has 0 radical (unpaired) electrons. The van der Waals surface area contributed by atoms with Crippen molar-refractivity contribution in [2.45, 2.75) is 182 Å². The Morgan fingerprint density at radius 3 is 1.12 bits per heavy atom. The van der Waals surface area contributed by atoms with Gasteiger partial charge in [-0.2, -0.15) is 0 Å². The molecule has 0 spiro atoms. The third-order valence-corrected chi connectivity index (χ3v) is 18.8. The van der Waals surface area contributed by atoms with E-state index in [2.05, 4.69) is 340 Å². The van der Waals surface area contributed by atoms with E-state index >= 15 is 0 Å². The standard InChI is InChI=1S/C27H32.C19H16.C18H22O.C17H16.C12H18/c1-16(2)23-13-24(26-19(5)9-17(3)10-20(26)6)15-25(14-23)27-21(7)11-18(4)12-22(27)8;1-12(2)16-10-8-15-7-6-13-4-3-5-14-9-11-17(16)19(15)18(13)14;1-12(2)16-6-8-17(9-7-16)19-18-14(4)10-13(3)11-15(18)5;1-12(2)16-9-5-8-15-10-13-6-3-4-7-14(13)11-17(15)16;1-8(2)12-10(4)6-9(3)7-11(12)5/h9-16H,1-8H3;3-12H,1-2H3;6-12H,1-5H3;3-12H,1-2H3;6-8H,1-5H3. The van der Waals surface area contributed by atoms with Crippen molar-refractivity contribution in [3.8, 4) is 33.8 Å². The molecule has 482 valence electrons. The molecule has 13 aromatic carbocycles. The van der Waals surface area contributed by atoms with Gasteiger partial charge in [-0.25, -0.2) is 0 Å². The summed E-state index contributed by atoms with van der Waals surface area (Å²) in [5, 5.41) is 13.7. The number of fused-ring (bicyclic) bond motifs is 2. The quantitative estimate of drug-likeness (QED) is 0.103. The predicted octanol–water partition coefficient (Wildman–Crippen LogP) is 28.1. The van der Waals surface area contributed by atoms with Crippen molar-refractivity contribution in [2.75, 3.05) is 0 Å². The highest BCUT2D eigenvalue weighted by molar-refractivity contribution is 6.23. The molecule has 0 fully saturated rings. The van der Waals surface area contributed by atoms with E-state index in [4.69, 9.17) is 4.74 Å². The Labute approximate surface area is 565 Å². The topological polar surface area (TPSA) is 9.23 Å². The molecule has 0 bridgehead atoms. The number of aryl methyl sites for hydroxylation is 12. The van der Waals surface area contributed by atoms with Crippen LogP contribution in [0.5, 0.6) is 11.5 Å². The van der Waals surface area contributed by atoms with Crippen molar-refractivity contribution in [1.29, 1.82) is 0 Å². The monoisotopic (exact) mass is 1240 g/mol. The molecule has 0 aliphatic rings. The zero-order valence-electron chi connectivity index (χ0n) is 60.8. The van der Waals surface area contributed by atoms with Crippen molar-refractivity contribution < 1.29 is 4.74 Å². The van der Waals surface area contributed by atoms with Crippen molar-refractivity contribution in [3.63, 3.8) is 0 Å². The van der Waals surface area contributed by atoms with Crippen LogP contribution in [0.3, 0.4) is 0 Å². The zero-order chi connectivity index (χ0) is 68.0. The second-order valence-electron chi connectivity index (χ2n) is 28.7. The highest BCUT2D eigenvalue weighted by atomic mass is 16.5. The van der Waals surface area contributed by atoms with Crippen LogP contribution in [0.1, 0.15) is 193 Å². The number of hydrogen-bond acceptors (Lipinski definition) is 1. The van der Waals surface area contributed by atoms with E-state index in [1.54, 1.807) is 0 Å². The summed E-state index contributed by atoms with van der Waals surface area (Å²) in [4.78, 5) is 0. The molecular formula is C93H104O. The summed E-state index contributed by atoms with van der Waals surface area (Å²) in [6.07, 6.45) is 0. The summed E-state index contributed by atoms with van der Waals surface area (Å²) >= 11 is 0. The number of benzene rings is 13. The minimum atomic E-state index is 0.501. The first kappa shape index (κ1) is 69.6. The molecule has 0 atom stereocenters. The molecule has 1 nitrogen and oxygen atoms in total. The lowest BCUT2D eigenvalue weighted by Crippen LogP contribution is -1.97. The Morgan fingerprint density at radius 2 is 0.649 bits per heavy atom. The maximum Gasteiger partial charge on any atom is 0.133 e. The molecule has 13 rings (SSSR count). The lowest BCUT2D eigenvalue weighted by Gasteiger charge is -2.19. The van der Waals surface area contributed by atoms with Crippen LogP contribution < -0.4 is 4.74 Å². The Bertz CT molecular complexity index is 4600. The van der Waals surface area contributed by atoms with E-state index < -0.39 is 0 Å².